The monoisotopic (exact) mass is 341 g/mol. The Kier molecular flexibility index (Phi) is 4.73. The van der Waals surface area contributed by atoms with Crippen molar-refractivity contribution < 1.29 is 9.90 Å². The molecule has 1 aromatic rings. The van der Waals surface area contributed by atoms with E-state index in [2.05, 4.69) is 43.0 Å². The van der Waals surface area contributed by atoms with E-state index in [0.717, 1.165) is 13.0 Å². The number of nitrogen functional groups attached to an aromatic ring is 1. The number of piperidine rings is 1. The molecule has 2 heterocycles. The third-order valence-corrected chi connectivity index (χ3v) is 4.78. The number of nitrogens with two attached hydrogens (primary N) is 1. The van der Waals surface area contributed by atoms with Crippen molar-refractivity contribution in [2.24, 2.45) is 5.92 Å². The molecule has 0 bridgehead atoms. The lowest BCUT2D eigenvalue weighted by molar-refractivity contribution is -0.252. The number of carboxylic acid groups (broad SMARTS) is 1. The van der Waals surface area contributed by atoms with E-state index in [4.69, 9.17) is 17.3 Å². The topological polar surface area (TPSA) is 104 Å². The number of carbonyl (C=O) groups is 1. The van der Waals surface area contributed by atoms with Crippen LogP contribution in [0.3, 0.4) is 0 Å². The van der Waals surface area contributed by atoms with Gasteiger partial charge in [0.15, 0.2) is 0 Å². The van der Waals surface area contributed by atoms with Crippen molar-refractivity contribution >= 4 is 29.5 Å². The summed E-state index contributed by atoms with van der Waals surface area (Å²) in [5, 5.41) is 13.8. The summed E-state index contributed by atoms with van der Waals surface area (Å²) in [6.45, 7) is 9.80. The fraction of sp³-hybridized carbons (Fsp3) is 0.667. The highest BCUT2D eigenvalue weighted by molar-refractivity contribution is 6.29. The van der Waals surface area contributed by atoms with Gasteiger partial charge in [0, 0.05) is 5.92 Å². The quantitative estimate of drug-likeness (QED) is 0.620. The van der Waals surface area contributed by atoms with Gasteiger partial charge in [0.2, 0.25) is 11.8 Å². The van der Waals surface area contributed by atoms with Gasteiger partial charge in [0.1, 0.15) is 17.8 Å². The number of hydrogen-bond acceptors (Lipinski definition) is 5. The number of likely N-dealkylation sites (tertiary alicyclic amines) is 1. The molecular formula is C15H24ClN5O2. The van der Waals surface area contributed by atoms with Crippen LogP contribution in [-0.2, 0) is 0 Å². The molecule has 1 aliphatic rings. The number of amides is 1. The summed E-state index contributed by atoms with van der Waals surface area (Å²) < 4.78 is 0.478. The minimum absolute atomic E-state index is 0.122. The third-order valence-electron chi connectivity index (χ3n) is 4.59. The molecule has 1 aliphatic heterocycles. The summed E-state index contributed by atoms with van der Waals surface area (Å²) in [5.74, 6) is 1.14. The van der Waals surface area contributed by atoms with Gasteiger partial charge in [-0.15, -0.1) is 0 Å². The Labute approximate surface area is 141 Å². The number of nitrogens with one attached hydrogen (secondary N) is 1. The predicted octanol–water partition coefficient (Wildman–Crippen LogP) is 1.16. The number of aromatic nitrogens is 2. The fourth-order valence-electron chi connectivity index (χ4n) is 3.61. The lowest BCUT2D eigenvalue weighted by Crippen LogP contribution is -2.71. The van der Waals surface area contributed by atoms with Gasteiger partial charge in [-0.3, -0.25) is 4.48 Å². The molecule has 0 aromatic carbocycles. The van der Waals surface area contributed by atoms with Crippen LogP contribution in [-0.4, -0.2) is 40.7 Å². The summed E-state index contributed by atoms with van der Waals surface area (Å²) in [7, 11) is 0. The summed E-state index contributed by atoms with van der Waals surface area (Å²) in [5.41, 5.74) is 5.56. The van der Waals surface area contributed by atoms with Crippen molar-refractivity contribution in [3.8, 4) is 0 Å². The Morgan fingerprint density at radius 3 is 2.61 bits per heavy atom. The fourth-order valence-corrected chi connectivity index (χ4v) is 3.79. The molecule has 1 amide bonds. The first kappa shape index (κ1) is 17.7. The first-order chi connectivity index (χ1) is 10.5. The molecule has 0 saturated carbocycles. The number of carbonyl (C=O) groups excluding carboxylic acids is 1. The smallest absolute Gasteiger partial charge is 0.234 e. The van der Waals surface area contributed by atoms with Crippen LogP contribution in [0.15, 0.2) is 6.07 Å². The van der Waals surface area contributed by atoms with Crippen LogP contribution >= 0.6 is 11.6 Å². The molecule has 0 spiro atoms. The lowest BCUT2D eigenvalue weighted by Gasteiger charge is -2.53. The summed E-state index contributed by atoms with van der Waals surface area (Å²) in [6.07, 6.45) is -0.491. The zero-order chi connectivity index (χ0) is 17.4. The molecule has 23 heavy (non-hydrogen) atoms. The van der Waals surface area contributed by atoms with Crippen LogP contribution in [0.5, 0.6) is 0 Å². The van der Waals surface area contributed by atoms with E-state index >= 15 is 0 Å². The maximum atomic E-state index is 11.0. The Morgan fingerprint density at radius 2 is 2.09 bits per heavy atom. The zero-order valence-electron chi connectivity index (χ0n) is 14.0. The van der Waals surface area contributed by atoms with Gasteiger partial charge in [-0.1, -0.05) is 18.5 Å². The van der Waals surface area contributed by atoms with E-state index in [1.807, 2.05) is 0 Å². The molecule has 2 rings (SSSR count). The number of halogens is 1. The predicted molar refractivity (Wildman–Crippen MR) is 88.8 cm³/mol. The second-order valence-electron chi connectivity index (χ2n) is 7.38. The third kappa shape index (κ3) is 3.67. The summed E-state index contributed by atoms with van der Waals surface area (Å²) >= 11 is 6.08. The molecule has 1 unspecified atom stereocenters. The van der Waals surface area contributed by atoms with E-state index in [1.165, 1.54) is 0 Å². The largest absolute Gasteiger partial charge is 0.530 e. The standard InChI is InChI=1S/C15H24ClN5O2/c1-9-5-10(18-14(22)23)8-21(7-9,15(2,3)4)12-6-11(16)19-13(17)20-12/h6,9-10,18H,5,7-8H2,1-4H3,(H2-,17,19,20,22,23)/t9-,10-,21?/m1/s1. The van der Waals surface area contributed by atoms with Gasteiger partial charge in [0.25, 0.3) is 0 Å². The van der Waals surface area contributed by atoms with Crippen LogP contribution in [0.1, 0.15) is 34.1 Å². The maximum Gasteiger partial charge on any atom is 0.234 e. The Bertz CT molecular complexity index is 584. The number of anilines is 1. The maximum absolute atomic E-state index is 11.0. The molecule has 3 atom stereocenters. The van der Waals surface area contributed by atoms with E-state index in [1.54, 1.807) is 6.07 Å². The van der Waals surface area contributed by atoms with E-state index in [-0.39, 0.29) is 22.7 Å². The molecule has 0 aliphatic carbocycles. The normalized spacial score (nSPS) is 28.4. The lowest BCUT2D eigenvalue weighted by atomic mass is 9.87. The first-order valence-corrected chi connectivity index (χ1v) is 8.06. The molecule has 1 fully saturated rings. The molecular weight excluding hydrogens is 318 g/mol. The highest BCUT2D eigenvalue weighted by Crippen LogP contribution is 2.38. The number of nitrogens with zero attached hydrogens (tertiary/aromatic N) is 3. The van der Waals surface area contributed by atoms with Gasteiger partial charge in [-0.25, -0.2) is 4.98 Å². The van der Waals surface area contributed by atoms with Crippen molar-refractivity contribution in [3.63, 3.8) is 0 Å². The van der Waals surface area contributed by atoms with Crippen molar-refractivity contribution in [1.29, 1.82) is 0 Å². The first-order valence-electron chi connectivity index (χ1n) is 7.69. The molecule has 1 saturated heterocycles. The van der Waals surface area contributed by atoms with Gasteiger partial charge < -0.3 is 21.0 Å². The molecule has 128 valence electrons. The Balaban J connectivity index is 2.52. The van der Waals surface area contributed by atoms with Crippen LogP contribution in [0, 0.1) is 5.92 Å². The molecule has 0 radical (unpaired) electrons. The zero-order valence-corrected chi connectivity index (χ0v) is 14.7. The summed E-state index contributed by atoms with van der Waals surface area (Å²) in [6, 6.07) is 1.51. The van der Waals surface area contributed by atoms with Gasteiger partial charge in [0.05, 0.1) is 24.2 Å². The summed E-state index contributed by atoms with van der Waals surface area (Å²) in [4.78, 5) is 19.3. The molecule has 8 heteroatoms. The molecule has 7 nitrogen and oxygen atoms in total. The SMILES string of the molecule is C[C@@H]1C[C@@H](NC(=O)[O-])C[N+](c2cc(Cl)nc(N)n2)(C(C)(C)C)C1. The van der Waals surface area contributed by atoms with Crippen molar-refractivity contribution in [1.82, 2.24) is 19.8 Å². The van der Waals surface area contributed by atoms with Gasteiger partial charge >= 0.3 is 0 Å². The Morgan fingerprint density at radius 1 is 1.43 bits per heavy atom. The van der Waals surface area contributed by atoms with Gasteiger partial charge in [-0.2, -0.15) is 4.98 Å². The highest BCUT2D eigenvalue weighted by atomic mass is 35.5. The molecule has 3 N–H and O–H groups in total. The van der Waals surface area contributed by atoms with Crippen LogP contribution in [0.25, 0.3) is 0 Å². The van der Waals surface area contributed by atoms with E-state index in [9.17, 15) is 9.90 Å². The second-order valence-corrected chi connectivity index (χ2v) is 7.77. The van der Waals surface area contributed by atoms with E-state index < -0.39 is 6.09 Å². The van der Waals surface area contributed by atoms with Crippen LogP contribution < -0.4 is 20.6 Å². The molecule has 1 aromatic heterocycles. The van der Waals surface area contributed by atoms with Crippen molar-refractivity contribution in [2.45, 2.75) is 45.7 Å². The number of hydrogen-bond donors (Lipinski definition) is 2. The average molecular weight is 342 g/mol. The minimum atomic E-state index is -1.25. The highest BCUT2D eigenvalue weighted by Gasteiger charge is 2.49. The number of rotatable bonds is 2. The van der Waals surface area contributed by atoms with Crippen LogP contribution in [0.4, 0.5) is 16.6 Å². The van der Waals surface area contributed by atoms with Crippen molar-refractivity contribution in [3.05, 3.63) is 11.2 Å². The number of quaternary nitrogens is 1. The van der Waals surface area contributed by atoms with Crippen molar-refractivity contribution in [2.75, 3.05) is 18.8 Å². The average Bonchev–Trinajstić information content (AvgIpc) is 2.34. The Hall–Kier alpha value is -1.60. The minimum Gasteiger partial charge on any atom is -0.530 e. The second kappa shape index (κ2) is 6.13. The van der Waals surface area contributed by atoms with E-state index in [0.29, 0.717) is 22.8 Å². The van der Waals surface area contributed by atoms with Gasteiger partial charge in [-0.05, 0) is 27.2 Å². The van der Waals surface area contributed by atoms with Crippen LogP contribution in [0.2, 0.25) is 5.15 Å².